The van der Waals surface area contributed by atoms with Crippen molar-refractivity contribution in [1.82, 2.24) is 0 Å². The fourth-order valence-corrected chi connectivity index (χ4v) is 12.2. The molecule has 4 aliphatic carbocycles. The molecule has 6 aromatic rings. The molecule has 290 valence electrons. The summed E-state index contributed by atoms with van der Waals surface area (Å²) in [6.45, 7) is 1.81. The highest BCUT2D eigenvalue weighted by atomic mass is 15.0. The third-order valence-electron chi connectivity index (χ3n) is 15.1. The molecule has 0 aliphatic heterocycles. The van der Waals surface area contributed by atoms with Gasteiger partial charge in [0.1, 0.15) is 0 Å². The molecule has 2 N–H and O–H groups in total. The highest BCUT2D eigenvalue weighted by molar-refractivity contribution is 6.16. The second kappa shape index (κ2) is 16.4. The van der Waals surface area contributed by atoms with Gasteiger partial charge in [-0.25, -0.2) is 0 Å². The van der Waals surface area contributed by atoms with Crippen molar-refractivity contribution in [1.29, 1.82) is 0 Å². The Hall–Kier alpha value is -4.04. The zero-order chi connectivity index (χ0) is 37.3. The number of hydrogen-bond donors (Lipinski definition) is 2. The zero-order valence-electron chi connectivity index (χ0n) is 33.9. The van der Waals surface area contributed by atoms with E-state index in [1.807, 2.05) is 0 Å². The molecule has 0 atom stereocenters. The van der Waals surface area contributed by atoms with E-state index in [1.54, 1.807) is 22.3 Å². The van der Waals surface area contributed by atoms with Gasteiger partial charge >= 0.3 is 0 Å². The molecule has 2 nitrogen and oxygen atoms in total. The molecule has 0 saturated heterocycles. The molecule has 4 saturated carbocycles. The van der Waals surface area contributed by atoms with Crippen molar-refractivity contribution in [3.63, 3.8) is 0 Å². The number of anilines is 2. The van der Waals surface area contributed by atoms with Crippen LogP contribution in [0, 0.1) is 0 Å². The molecule has 0 heterocycles. The maximum Gasteiger partial charge on any atom is 0.0462 e. The minimum Gasteiger partial charge on any atom is -0.383 e. The molecule has 0 amide bonds. The molecule has 6 aromatic carbocycles. The van der Waals surface area contributed by atoms with Gasteiger partial charge in [-0.05, 0) is 142 Å². The van der Waals surface area contributed by atoms with Crippen molar-refractivity contribution in [2.24, 2.45) is 0 Å². The molecular weight excluding hydrogens is 677 g/mol. The molecule has 10 rings (SSSR count). The maximum atomic E-state index is 4.23. The minimum absolute atomic E-state index is 0.618. The highest BCUT2D eigenvalue weighted by Gasteiger charge is 2.27. The summed E-state index contributed by atoms with van der Waals surface area (Å²) in [4.78, 5) is 0. The number of hydrogen-bond acceptors (Lipinski definition) is 2. The third kappa shape index (κ3) is 6.98. The molecule has 0 aromatic heterocycles. The van der Waals surface area contributed by atoms with Crippen molar-refractivity contribution in [3.8, 4) is 0 Å². The van der Waals surface area contributed by atoms with Gasteiger partial charge in [0, 0.05) is 35.2 Å². The summed E-state index contributed by atoms with van der Waals surface area (Å²) in [6, 6.07) is 33.9. The smallest absolute Gasteiger partial charge is 0.0462 e. The van der Waals surface area contributed by atoms with Crippen molar-refractivity contribution in [2.75, 3.05) is 23.7 Å². The lowest BCUT2D eigenvalue weighted by molar-refractivity contribution is 0.444. The molecule has 56 heavy (non-hydrogen) atoms. The first kappa shape index (κ1) is 36.3. The Bertz CT molecular complexity index is 2140. The van der Waals surface area contributed by atoms with E-state index in [-0.39, 0.29) is 0 Å². The minimum atomic E-state index is 0.618. The van der Waals surface area contributed by atoms with Crippen LogP contribution in [0.15, 0.2) is 84.9 Å². The van der Waals surface area contributed by atoms with Crippen LogP contribution in [0.2, 0.25) is 0 Å². The summed E-state index contributed by atoms with van der Waals surface area (Å²) >= 11 is 0. The van der Waals surface area contributed by atoms with Crippen molar-refractivity contribution in [3.05, 3.63) is 107 Å². The van der Waals surface area contributed by atoms with Crippen LogP contribution < -0.4 is 10.6 Å². The first-order valence-corrected chi connectivity index (χ1v) is 23.3. The Morgan fingerprint density at radius 3 is 1.02 bits per heavy atom. The van der Waals surface area contributed by atoms with Gasteiger partial charge in [-0.2, -0.15) is 0 Å². The van der Waals surface area contributed by atoms with Crippen LogP contribution in [0.5, 0.6) is 0 Å². The molecular formula is C54H64N2. The summed E-state index contributed by atoms with van der Waals surface area (Å²) in [7, 11) is 0. The van der Waals surface area contributed by atoms with E-state index in [9.17, 15) is 0 Å². The van der Waals surface area contributed by atoms with E-state index in [0.29, 0.717) is 23.7 Å². The van der Waals surface area contributed by atoms with Crippen LogP contribution in [-0.2, 0) is 0 Å². The van der Waals surface area contributed by atoms with Crippen LogP contribution >= 0.6 is 0 Å². The van der Waals surface area contributed by atoms with Gasteiger partial charge in [0.15, 0.2) is 0 Å². The summed E-state index contributed by atoms with van der Waals surface area (Å²) < 4.78 is 0. The molecule has 2 heteroatoms. The van der Waals surface area contributed by atoms with Crippen molar-refractivity contribution >= 4 is 54.5 Å². The Balaban J connectivity index is 1.06. The lowest BCUT2D eigenvalue weighted by Crippen LogP contribution is -2.18. The van der Waals surface area contributed by atoms with Gasteiger partial charge < -0.3 is 10.6 Å². The van der Waals surface area contributed by atoms with Gasteiger partial charge in [0.25, 0.3) is 0 Å². The summed E-state index contributed by atoms with van der Waals surface area (Å²) in [5.74, 6) is 2.63. The normalized spacial score (nSPS) is 19.6. The second-order valence-electron chi connectivity index (χ2n) is 18.5. The van der Waals surface area contributed by atoms with E-state index < -0.39 is 0 Å². The maximum absolute atomic E-state index is 4.23. The standard InChI is InChI=1S/C54H64N2/c1-5-17-37(18-6-1)41-29-31-45-43-25-13-15-27-47(43)51(39-21-9-3-10-22-39)53(49(45)35-41)55-33-34-56-54-50-36-42(38-19-7-2-8-20-38)30-32-46(50)44-26-14-16-28-48(44)52(54)40-23-11-4-12-24-40/h13-16,25-32,35-40,55-56H,1-12,17-24,33-34H2. The second-order valence-corrected chi connectivity index (χ2v) is 18.5. The van der Waals surface area contributed by atoms with Gasteiger partial charge in [0.05, 0.1) is 0 Å². The average Bonchev–Trinajstić information content (AvgIpc) is 3.28. The quantitative estimate of drug-likeness (QED) is 0.114. The summed E-state index contributed by atoms with van der Waals surface area (Å²) in [5, 5.41) is 20.1. The lowest BCUT2D eigenvalue weighted by atomic mass is 9.78. The average molecular weight is 741 g/mol. The van der Waals surface area contributed by atoms with Crippen molar-refractivity contribution in [2.45, 2.75) is 152 Å². The Morgan fingerprint density at radius 1 is 0.321 bits per heavy atom. The largest absolute Gasteiger partial charge is 0.383 e. The fraction of sp³-hybridized carbons (Fsp3) is 0.481. The van der Waals surface area contributed by atoms with E-state index in [0.717, 1.165) is 13.1 Å². The monoisotopic (exact) mass is 741 g/mol. The van der Waals surface area contributed by atoms with E-state index in [1.165, 1.54) is 183 Å². The highest BCUT2D eigenvalue weighted by Crippen LogP contribution is 2.48. The van der Waals surface area contributed by atoms with Gasteiger partial charge in [-0.1, -0.05) is 150 Å². The van der Waals surface area contributed by atoms with Gasteiger partial charge in [0.2, 0.25) is 0 Å². The SMILES string of the molecule is c1ccc2c(c1)c(C1CCCCC1)c(NCCNc1c(C3CCCCC3)c3ccccc3c3ccc(C4CCCCC4)cc13)c1cc(C3CCCCC3)ccc12. The molecule has 4 fully saturated rings. The molecule has 0 unspecified atom stereocenters. The number of nitrogens with one attached hydrogen (secondary N) is 2. The Labute approximate surface area is 336 Å². The molecule has 0 bridgehead atoms. The number of benzene rings is 6. The predicted molar refractivity (Wildman–Crippen MR) is 243 cm³/mol. The van der Waals surface area contributed by atoms with Gasteiger partial charge in [-0.15, -0.1) is 0 Å². The zero-order valence-corrected chi connectivity index (χ0v) is 33.9. The predicted octanol–water partition coefficient (Wildman–Crippen LogP) is 16.0. The van der Waals surface area contributed by atoms with Crippen LogP contribution in [0.4, 0.5) is 11.4 Å². The Morgan fingerprint density at radius 2 is 0.643 bits per heavy atom. The fourth-order valence-electron chi connectivity index (χ4n) is 12.2. The van der Waals surface area contributed by atoms with Crippen LogP contribution in [-0.4, -0.2) is 13.1 Å². The van der Waals surface area contributed by atoms with Crippen molar-refractivity contribution < 1.29 is 0 Å². The van der Waals surface area contributed by atoms with Crippen LogP contribution in [0.3, 0.4) is 0 Å². The van der Waals surface area contributed by atoms with Crippen LogP contribution in [0.1, 0.15) is 174 Å². The van der Waals surface area contributed by atoms with E-state index in [4.69, 9.17) is 0 Å². The third-order valence-corrected chi connectivity index (χ3v) is 15.1. The number of rotatable bonds is 9. The first-order chi connectivity index (χ1) is 27.8. The first-order valence-electron chi connectivity index (χ1n) is 23.3. The number of fused-ring (bicyclic) bond motifs is 6. The van der Waals surface area contributed by atoms with E-state index >= 15 is 0 Å². The lowest BCUT2D eigenvalue weighted by Gasteiger charge is -2.30. The summed E-state index contributed by atoms with van der Waals surface area (Å²) in [6.07, 6.45) is 27.0. The van der Waals surface area contributed by atoms with Gasteiger partial charge in [-0.3, -0.25) is 0 Å². The Kier molecular flexibility index (Phi) is 10.7. The topological polar surface area (TPSA) is 24.1 Å². The molecule has 0 radical (unpaired) electrons. The van der Waals surface area contributed by atoms with Crippen LogP contribution in [0.25, 0.3) is 43.1 Å². The molecule has 0 spiro atoms. The molecule has 4 aliphatic rings. The summed E-state index contributed by atoms with van der Waals surface area (Å²) in [5.41, 5.74) is 9.20. The van der Waals surface area contributed by atoms with E-state index in [2.05, 4.69) is 95.6 Å².